The quantitative estimate of drug-likeness (QED) is 0.357. The van der Waals surface area contributed by atoms with E-state index in [4.69, 9.17) is 0 Å². The largest absolute Gasteiger partial charge is 0.314 e. The topological polar surface area (TPSA) is 77.6 Å². The molecule has 0 atom stereocenters. The summed E-state index contributed by atoms with van der Waals surface area (Å²) in [5.41, 5.74) is 2.03. The summed E-state index contributed by atoms with van der Waals surface area (Å²) in [6, 6.07) is 8.80. The monoisotopic (exact) mass is 375 g/mol. The van der Waals surface area contributed by atoms with Crippen LogP contribution in [0, 0.1) is 10.1 Å². The molecular weight excluding hydrogens is 346 g/mol. The van der Waals surface area contributed by atoms with Crippen molar-refractivity contribution < 1.29 is 14.7 Å². The molecule has 7 nitrogen and oxygen atoms in total. The highest BCUT2D eigenvalue weighted by atomic mass is 16.9. The molecule has 0 radical (unpaired) electrons. The van der Waals surface area contributed by atoms with Crippen molar-refractivity contribution in [2.45, 2.75) is 59.0 Å². The molecule has 0 saturated carbocycles. The van der Waals surface area contributed by atoms with Crippen molar-refractivity contribution in [1.29, 1.82) is 0 Å². The van der Waals surface area contributed by atoms with Crippen LogP contribution in [0.3, 0.4) is 0 Å². The number of hydrogen-bond acceptors (Lipinski definition) is 5. The van der Waals surface area contributed by atoms with Crippen LogP contribution < -0.4 is 0 Å². The van der Waals surface area contributed by atoms with Crippen LogP contribution in [-0.2, 0) is 11.3 Å². The molecular formula is C20H29N3O4. The first-order valence-corrected chi connectivity index (χ1v) is 9.46. The van der Waals surface area contributed by atoms with Crippen molar-refractivity contribution in [2.24, 2.45) is 0 Å². The number of rotatable bonds is 10. The highest BCUT2D eigenvalue weighted by Gasteiger charge is 2.17. The number of fused-ring (bicyclic) bond motifs is 1. The number of carbonyl (C=O) groups excluding carboxylic acids is 1. The fourth-order valence-corrected chi connectivity index (χ4v) is 3.50. The maximum absolute atomic E-state index is 12.6. The van der Waals surface area contributed by atoms with Gasteiger partial charge in [0.05, 0.1) is 12.1 Å². The Morgan fingerprint density at radius 3 is 2.52 bits per heavy atom. The van der Waals surface area contributed by atoms with Crippen LogP contribution in [-0.4, -0.2) is 45.7 Å². The van der Waals surface area contributed by atoms with E-state index in [2.05, 4.69) is 37.4 Å². The van der Waals surface area contributed by atoms with E-state index in [1.807, 2.05) is 30.5 Å². The van der Waals surface area contributed by atoms with Crippen molar-refractivity contribution in [3.05, 3.63) is 46.1 Å². The molecule has 0 aliphatic rings. The lowest BCUT2D eigenvalue weighted by Crippen LogP contribution is -2.38. The first kappa shape index (κ1) is 20.9. The van der Waals surface area contributed by atoms with Crippen LogP contribution in [0.25, 0.3) is 10.9 Å². The summed E-state index contributed by atoms with van der Waals surface area (Å²) in [4.78, 5) is 29.5. The molecule has 148 valence electrons. The molecule has 2 rings (SSSR count). The third kappa shape index (κ3) is 5.53. The van der Waals surface area contributed by atoms with Crippen LogP contribution in [0.5, 0.6) is 0 Å². The summed E-state index contributed by atoms with van der Waals surface area (Å²) >= 11 is 0. The van der Waals surface area contributed by atoms with Crippen molar-refractivity contribution in [3.63, 3.8) is 0 Å². The number of nitrogens with zero attached hydrogens (tertiary/aromatic N) is 3. The summed E-state index contributed by atoms with van der Waals surface area (Å²) in [5.74, 6) is -0.0750. The van der Waals surface area contributed by atoms with E-state index in [0.29, 0.717) is 18.5 Å². The van der Waals surface area contributed by atoms with E-state index in [1.54, 1.807) is 4.57 Å². The smallest absolute Gasteiger partial charge is 0.294 e. The predicted molar refractivity (Wildman–Crippen MR) is 105 cm³/mol. The second-order valence-electron chi connectivity index (χ2n) is 7.27. The summed E-state index contributed by atoms with van der Waals surface area (Å²) in [5, 5.41) is 10.5. The van der Waals surface area contributed by atoms with Crippen molar-refractivity contribution in [1.82, 2.24) is 9.47 Å². The molecule has 1 aromatic carbocycles. The zero-order chi connectivity index (χ0) is 20.0. The first-order valence-electron chi connectivity index (χ1n) is 9.46. The number of benzene rings is 1. The number of hydrogen-bond donors (Lipinski definition) is 0. The Hall–Kier alpha value is -2.41. The SMILES string of the molecule is CC(C)N(CCc1cn(C(=O)CCCO[N+](=O)[O-])c2ccccc12)C(C)C. The van der Waals surface area contributed by atoms with Gasteiger partial charge in [0, 0.05) is 36.6 Å². The Morgan fingerprint density at radius 2 is 1.89 bits per heavy atom. The lowest BCUT2D eigenvalue weighted by atomic mass is 10.1. The normalized spacial score (nSPS) is 11.7. The molecule has 0 bridgehead atoms. The molecule has 7 heteroatoms. The maximum atomic E-state index is 12.6. The standard InChI is InChI=1S/C20H29N3O4/c1-15(2)21(16(3)4)12-11-17-14-22(19-9-6-5-8-18(17)19)20(24)10-7-13-27-23(25)26/h5-6,8-9,14-16H,7,10-13H2,1-4H3. The Labute approximate surface area is 160 Å². The molecule has 1 aromatic heterocycles. The number of carbonyl (C=O) groups is 1. The molecule has 0 amide bonds. The van der Waals surface area contributed by atoms with Gasteiger partial charge < -0.3 is 4.84 Å². The second kappa shape index (κ2) is 9.50. The van der Waals surface area contributed by atoms with Crippen molar-refractivity contribution in [3.8, 4) is 0 Å². The average Bonchev–Trinajstić information content (AvgIpc) is 2.97. The molecule has 0 fully saturated rings. The number of aromatic nitrogens is 1. The lowest BCUT2D eigenvalue weighted by Gasteiger charge is -2.30. The van der Waals surface area contributed by atoms with Gasteiger partial charge in [-0.1, -0.05) is 18.2 Å². The van der Waals surface area contributed by atoms with Crippen LogP contribution in [0.1, 0.15) is 50.9 Å². The van der Waals surface area contributed by atoms with Gasteiger partial charge in [0.2, 0.25) is 5.91 Å². The van der Waals surface area contributed by atoms with E-state index in [-0.39, 0.29) is 18.9 Å². The molecule has 0 saturated heterocycles. The van der Waals surface area contributed by atoms with E-state index >= 15 is 0 Å². The molecule has 0 N–H and O–H groups in total. The van der Waals surface area contributed by atoms with E-state index in [0.717, 1.165) is 29.4 Å². The predicted octanol–water partition coefficient (Wildman–Crippen LogP) is 3.93. The summed E-state index contributed by atoms with van der Waals surface area (Å²) in [6.45, 7) is 9.63. The van der Waals surface area contributed by atoms with Gasteiger partial charge in [-0.25, -0.2) is 0 Å². The molecule has 2 aromatic rings. The minimum Gasteiger partial charge on any atom is -0.314 e. The summed E-state index contributed by atoms with van der Waals surface area (Å²) in [7, 11) is 0. The summed E-state index contributed by atoms with van der Waals surface area (Å²) < 4.78 is 1.67. The van der Waals surface area contributed by atoms with Gasteiger partial charge in [0.1, 0.15) is 0 Å². The van der Waals surface area contributed by atoms with Crippen molar-refractivity contribution in [2.75, 3.05) is 13.2 Å². The Kier molecular flexibility index (Phi) is 7.36. The van der Waals surface area contributed by atoms with Crippen LogP contribution in [0.4, 0.5) is 0 Å². The fourth-order valence-electron chi connectivity index (χ4n) is 3.50. The van der Waals surface area contributed by atoms with Gasteiger partial charge in [-0.05, 0) is 52.2 Å². The fraction of sp³-hybridized carbons (Fsp3) is 0.550. The van der Waals surface area contributed by atoms with E-state index in [9.17, 15) is 14.9 Å². The highest BCUT2D eigenvalue weighted by Crippen LogP contribution is 2.23. The molecule has 0 aliphatic carbocycles. The van der Waals surface area contributed by atoms with Gasteiger partial charge in [-0.2, -0.15) is 0 Å². The van der Waals surface area contributed by atoms with Gasteiger partial charge >= 0.3 is 0 Å². The third-order valence-corrected chi connectivity index (χ3v) is 4.76. The van der Waals surface area contributed by atoms with Gasteiger partial charge in [-0.15, -0.1) is 10.1 Å². The van der Waals surface area contributed by atoms with Gasteiger partial charge in [-0.3, -0.25) is 14.3 Å². The van der Waals surface area contributed by atoms with Crippen molar-refractivity contribution >= 4 is 16.8 Å². The van der Waals surface area contributed by atoms with Crippen LogP contribution in [0.15, 0.2) is 30.5 Å². The zero-order valence-electron chi connectivity index (χ0n) is 16.6. The highest BCUT2D eigenvalue weighted by molar-refractivity contribution is 5.94. The Balaban J connectivity index is 2.14. The second-order valence-corrected chi connectivity index (χ2v) is 7.27. The first-order chi connectivity index (χ1) is 12.8. The van der Waals surface area contributed by atoms with E-state index in [1.165, 1.54) is 0 Å². The van der Waals surface area contributed by atoms with Crippen LogP contribution in [0.2, 0.25) is 0 Å². The average molecular weight is 375 g/mol. The zero-order valence-corrected chi connectivity index (χ0v) is 16.6. The minimum absolute atomic E-state index is 0.0669. The molecule has 27 heavy (non-hydrogen) atoms. The summed E-state index contributed by atoms with van der Waals surface area (Å²) in [6.07, 6.45) is 3.30. The molecule has 0 spiro atoms. The minimum atomic E-state index is -0.831. The molecule has 1 heterocycles. The Bertz CT molecular complexity index is 775. The third-order valence-electron chi connectivity index (χ3n) is 4.76. The molecule has 0 aliphatic heterocycles. The number of para-hydroxylation sites is 1. The van der Waals surface area contributed by atoms with Gasteiger partial charge in [0.15, 0.2) is 0 Å². The maximum Gasteiger partial charge on any atom is 0.294 e. The lowest BCUT2D eigenvalue weighted by molar-refractivity contribution is -0.757. The van der Waals surface area contributed by atoms with Gasteiger partial charge in [0.25, 0.3) is 5.09 Å². The molecule has 0 unspecified atom stereocenters. The Morgan fingerprint density at radius 1 is 1.22 bits per heavy atom. The van der Waals surface area contributed by atoms with Crippen LogP contribution >= 0.6 is 0 Å². The van der Waals surface area contributed by atoms with E-state index < -0.39 is 5.09 Å².